The largest absolute Gasteiger partial charge is 0.389 e. The Morgan fingerprint density at radius 1 is 1.36 bits per heavy atom. The molecule has 3 atom stereocenters. The fourth-order valence-corrected chi connectivity index (χ4v) is 3.06. The van der Waals surface area contributed by atoms with Crippen molar-refractivity contribution in [3.05, 3.63) is 0 Å². The van der Waals surface area contributed by atoms with Crippen molar-refractivity contribution < 1.29 is 5.11 Å². The number of aliphatic hydroxyl groups is 1. The van der Waals surface area contributed by atoms with E-state index in [1.807, 2.05) is 0 Å². The molecule has 0 heterocycles. The van der Waals surface area contributed by atoms with Gasteiger partial charge in [0.1, 0.15) is 0 Å². The SMILES string of the molecule is CCC(O)(C(C)C)C1CCCC(C)C1. The van der Waals surface area contributed by atoms with Crippen molar-refractivity contribution in [2.75, 3.05) is 0 Å². The van der Waals surface area contributed by atoms with Crippen molar-refractivity contribution in [2.24, 2.45) is 17.8 Å². The zero-order chi connectivity index (χ0) is 10.8. The van der Waals surface area contributed by atoms with Gasteiger partial charge in [0, 0.05) is 0 Å². The van der Waals surface area contributed by atoms with E-state index in [-0.39, 0.29) is 0 Å². The molecule has 0 bridgehead atoms. The molecule has 3 unspecified atom stereocenters. The highest BCUT2D eigenvalue weighted by atomic mass is 16.3. The van der Waals surface area contributed by atoms with E-state index < -0.39 is 5.60 Å². The van der Waals surface area contributed by atoms with Gasteiger partial charge in [0.15, 0.2) is 0 Å². The molecule has 1 nitrogen and oxygen atoms in total. The van der Waals surface area contributed by atoms with Gasteiger partial charge < -0.3 is 5.11 Å². The third kappa shape index (κ3) is 2.31. The molecule has 0 aliphatic heterocycles. The molecule has 0 radical (unpaired) electrons. The third-order valence-electron chi connectivity index (χ3n) is 4.21. The zero-order valence-corrected chi connectivity index (χ0v) is 10.2. The first-order valence-corrected chi connectivity index (χ1v) is 6.23. The fraction of sp³-hybridized carbons (Fsp3) is 1.00. The van der Waals surface area contributed by atoms with Crippen LogP contribution >= 0.6 is 0 Å². The molecule has 1 heteroatoms. The second-order valence-corrected chi connectivity index (χ2v) is 5.47. The smallest absolute Gasteiger partial charge is 0.0696 e. The maximum atomic E-state index is 10.6. The predicted octanol–water partition coefficient (Wildman–Crippen LogP) is 3.61. The monoisotopic (exact) mass is 198 g/mol. The minimum atomic E-state index is -0.408. The predicted molar refractivity (Wildman–Crippen MR) is 61.2 cm³/mol. The summed E-state index contributed by atoms with van der Waals surface area (Å²) in [6.07, 6.45) is 6.02. The van der Waals surface area contributed by atoms with Crippen LogP contribution in [0.3, 0.4) is 0 Å². The van der Waals surface area contributed by atoms with E-state index >= 15 is 0 Å². The van der Waals surface area contributed by atoms with E-state index in [4.69, 9.17) is 0 Å². The van der Waals surface area contributed by atoms with E-state index in [1.165, 1.54) is 25.7 Å². The van der Waals surface area contributed by atoms with Crippen LogP contribution in [0.25, 0.3) is 0 Å². The Balaban J connectivity index is 2.68. The number of hydrogen-bond donors (Lipinski definition) is 1. The van der Waals surface area contributed by atoms with Gasteiger partial charge in [-0.25, -0.2) is 0 Å². The molecule has 1 saturated carbocycles. The third-order valence-corrected chi connectivity index (χ3v) is 4.21. The lowest BCUT2D eigenvalue weighted by Gasteiger charge is -2.42. The average molecular weight is 198 g/mol. The van der Waals surface area contributed by atoms with Crippen LogP contribution in [0.5, 0.6) is 0 Å². The molecule has 1 aliphatic rings. The normalized spacial score (nSPS) is 33.0. The van der Waals surface area contributed by atoms with Gasteiger partial charge in [-0.3, -0.25) is 0 Å². The summed E-state index contributed by atoms with van der Waals surface area (Å²) in [5, 5.41) is 10.6. The molecule has 0 saturated heterocycles. The van der Waals surface area contributed by atoms with Gasteiger partial charge in [-0.15, -0.1) is 0 Å². The van der Waals surface area contributed by atoms with Crippen LogP contribution in [0.15, 0.2) is 0 Å². The summed E-state index contributed by atoms with van der Waals surface area (Å²) in [6.45, 7) is 8.76. The number of hydrogen-bond acceptors (Lipinski definition) is 1. The lowest BCUT2D eigenvalue weighted by Crippen LogP contribution is -2.44. The standard InChI is InChI=1S/C13H26O/c1-5-13(14,10(2)3)12-8-6-7-11(4)9-12/h10-12,14H,5-9H2,1-4H3. The maximum Gasteiger partial charge on any atom is 0.0696 e. The summed E-state index contributed by atoms with van der Waals surface area (Å²) in [7, 11) is 0. The number of rotatable bonds is 3. The Bertz CT molecular complexity index is 176. The minimum absolute atomic E-state index is 0.391. The lowest BCUT2D eigenvalue weighted by atomic mass is 9.68. The van der Waals surface area contributed by atoms with Crippen molar-refractivity contribution in [3.63, 3.8) is 0 Å². The molecular weight excluding hydrogens is 172 g/mol. The highest BCUT2D eigenvalue weighted by Crippen LogP contribution is 2.40. The van der Waals surface area contributed by atoms with Gasteiger partial charge in [0.25, 0.3) is 0 Å². The van der Waals surface area contributed by atoms with Crippen LogP contribution in [0.1, 0.15) is 59.8 Å². The van der Waals surface area contributed by atoms with E-state index in [2.05, 4.69) is 27.7 Å². The lowest BCUT2D eigenvalue weighted by molar-refractivity contribution is -0.0790. The first kappa shape index (κ1) is 12.0. The minimum Gasteiger partial charge on any atom is -0.389 e. The summed E-state index contributed by atoms with van der Waals surface area (Å²) >= 11 is 0. The van der Waals surface area contributed by atoms with Gasteiger partial charge >= 0.3 is 0 Å². The molecule has 0 aromatic rings. The molecule has 14 heavy (non-hydrogen) atoms. The van der Waals surface area contributed by atoms with Crippen LogP contribution in [0.4, 0.5) is 0 Å². The summed E-state index contributed by atoms with van der Waals surface area (Å²) in [5.74, 6) is 1.74. The summed E-state index contributed by atoms with van der Waals surface area (Å²) in [6, 6.07) is 0. The van der Waals surface area contributed by atoms with Crippen LogP contribution < -0.4 is 0 Å². The molecular formula is C13H26O. The van der Waals surface area contributed by atoms with Crippen LogP contribution in [-0.4, -0.2) is 10.7 Å². The topological polar surface area (TPSA) is 20.2 Å². The van der Waals surface area contributed by atoms with Gasteiger partial charge in [-0.05, 0) is 37.0 Å². The Morgan fingerprint density at radius 2 is 2.00 bits per heavy atom. The van der Waals surface area contributed by atoms with Gasteiger partial charge in [0.2, 0.25) is 0 Å². The first-order valence-electron chi connectivity index (χ1n) is 6.23. The van der Waals surface area contributed by atoms with Crippen LogP contribution in [0.2, 0.25) is 0 Å². The Hall–Kier alpha value is -0.0400. The molecule has 0 aromatic carbocycles. The summed E-state index contributed by atoms with van der Waals surface area (Å²) in [5.41, 5.74) is -0.408. The van der Waals surface area contributed by atoms with E-state index in [0.29, 0.717) is 11.8 Å². The summed E-state index contributed by atoms with van der Waals surface area (Å²) in [4.78, 5) is 0. The van der Waals surface area contributed by atoms with Crippen molar-refractivity contribution in [2.45, 2.75) is 65.4 Å². The molecule has 0 amide bonds. The zero-order valence-electron chi connectivity index (χ0n) is 10.2. The van der Waals surface area contributed by atoms with Gasteiger partial charge in [-0.1, -0.05) is 40.5 Å². The molecule has 1 aliphatic carbocycles. The Kier molecular flexibility index (Phi) is 4.00. The van der Waals surface area contributed by atoms with Crippen LogP contribution in [-0.2, 0) is 0 Å². The molecule has 1 rings (SSSR count). The maximum absolute atomic E-state index is 10.6. The van der Waals surface area contributed by atoms with Gasteiger partial charge in [-0.2, -0.15) is 0 Å². The van der Waals surface area contributed by atoms with E-state index in [0.717, 1.165) is 12.3 Å². The van der Waals surface area contributed by atoms with Crippen molar-refractivity contribution in [1.29, 1.82) is 0 Å². The van der Waals surface area contributed by atoms with Crippen molar-refractivity contribution in [1.82, 2.24) is 0 Å². The van der Waals surface area contributed by atoms with Crippen molar-refractivity contribution in [3.8, 4) is 0 Å². The molecule has 1 N–H and O–H groups in total. The quantitative estimate of drug-likeness (QED) is 0.734. The van der Waals surface area contributed by atoms with Gasteiger partial charge in [0.05, 0.1) is 5.60 Å². The highest BCUT2D eigenvalue weighted by molar-refractivity contribution is 4.90. The van der Waals surface area contributed by atoms with E-state index in [9.17, 15) is 5.11 Å². The first-order chi connectivity index (χ1) is 6.50. The second kappa shape index (κ2) is 4.65. The van der Waals surface area contributed by atoms with Crippen LogP contribution in [0, 0.1) is 17.8 Å². The summed E-state index contributed by atoms with van der Waals surface area (Å²) < 4.78 is 0. The van der Waals surface area contributed by atoms with Crippen molar-refractivity contribution >= 4 is 0 Å². The Morgan fingerprint density at radius 3 is 2.43 bits per heavy atom. The van der Waals surface area contributed by atoms with E-state index in [1.54, 1.807) is 0 Å². The fourth-order valence-electron chi connectivity index (χ4n) is 3.06. The molecule has 1 fully saturated rings. The molecule has 84 valence electrons. The average Bonchev–Trinajstić information content (AvgIpc) is 2.16. The molecule has 0 spiro atoms. The highest BCUT2D eigenvalue weighted by Gasteiger charge is 2.39. The second-order valence-electron chi connectivity index (χ2n) is 5.47. The molecule has 0 aromatic heterocycles. The Labute approximate surface area is 88.9 Å².